The van der Waals surface area contributed by atoms with Gasteiger partial charge in [0.15, 0.2) is 11.6 Å². The summed E-state index contributed by atoms with van der Waals surface area (Å²) in [5.41, 5.74) is 0.263. The third kappa shape index (κ3) is 3.52. The predicted molar refractivity (Wildman–Crippen MR) is 76.3 cm³/mol. The molecule has 1 heterocycles. The van der Waals surface area contributed by atoms with Gasteiger partial charge in [0.25, 0.3) is 10.0 Å². The summed E-state index contributed by atoms with van der Waals surface area (Å²) in [7, 11) is -3.79. The molecule has 7 nitrogen and oxygen atoms in total. The summed E-state index contributed by atoms with van der Waals surface area (Å²) in [4.78, 5) is 3.87. The van der Waals surface area contributed by atoms with Crippen molar-refractivity contribution in [2.45, 2.75) is 18.5 Å². The number of benzene rings is 1. The molecule has 0 saturated heterocycles. The third-order valence-corrected chi connectivity index (χ3v) is 3.92. The van der Waals surface area contributed by atoms with Crippen LogP contribution >= 0.6 is 0 Å². The molecule has 0 bridgehead atoms. The molecule has 0 radical (unpaired) electrons. The number of hydrogen-bond acceptors (Lipinski definition) is 5. The molecule has 1 N–H and O–H groups in total. The minimum Gasteiger partial charge on any atom is -0.477 e. The summed E-state index contributed by atoms with van der Waals surface area (Å²) in [6.45, 7) is 2.35. The molecule has 0 atom stereocenters. The normalized spacial score (nSPS) is 10.9. The molecule has 0 aliphatic carbocycles. The third-order valence-electron chi connectivity index (χ3n) is 2.67. The zero-order valence-corrected chi connectivity index (χ0v) is 12.2. The Morgan fingerprint density at radius 2 is 2.19 bits per heavy atom. The zero-order valence-electron chi connectivity index (χ0n) is 11.4. The van der Waals surface area contributed by atoms with Crippen molar-refractivity contribution in [3.05, 3.63) is 36.8 Å². The zero-order chi connectivity index (χ0) is 15.3. The van der Waals surface area contributed by atoms with Crippen LogP contribution in [0.1, 0.15) is 6.92 Å². The molecule has 21 heavy (non-hydrogen) atoms. The molecule has 0 spiro atoms. The van der Waals surface area contributed by atoms with E-state index < -0.39 is 10.0 Å². The Bertz CT molecular complexity index is 762. The van der Waals surface area contributed by atoms with Crippen molar-refractivity contribution in [2.75, 3.05) is 11.3 Å². The van der Waals surface area contributed by atoms with Gasteiger partial charge in [-0.25, -0.2) is 4.98 Å². The largest absolute Gasteiger partial charge is 0.477 e. The summed E-state index contributed by atoms with van der Waals surface area (Å²) >= 11 is 0. The maximum atomic E-state index is 12.2. The van der Waals surface area contributed by atoms with Crippen LogP contribution < -0.4 is 9.46 Å². The number of hydrogen-bond donors (Lipinski definition) is 1. The lowest BCUT2D eigenvalue weighted by Gasteiger charge is -2.10. The molecule has 8 heteroatoms. The second kappa shape index (κ2) is 6.28. The Kier molecular flexibility index (Phi) is 4.45. The Hall–Kier alpha value is -2.53. The van der Waals surface area contributed by atoms with Crippen LogP contribution in [0.4, 0.5) is 5.69 Å². The predicted octanol–water partition coefficient (Wildman–Crippen LogP) is 1.61. The van der Waals surface area contributed by atoms with E-state index in [0.717, 1.165) is 0 Å². The van der Waals surface area contributed by atoms with Gasteiger partial charge in [-0.15, -0.1) is 0 Å². The number of rotatable bonds is 6. The molecule has 0 amide bonds. The van der Waals surface area contributed by atoms with Gasteiger partial charge < -0.3 is 9.30 Å². The van der Waals surface area contributed by atoms with Crippen LogP contribution in [-0.4, -0.2) is 24.6 Å². The van der Waals surface area contributed by atoms with Gasteiger partial charge in [-0.3, -0.25) is 4.72 Å². The Morgan fingerprint density at radius 1 is 1.43 bits per heavy atom. The van der Waals surface area contributed by atoms with Gasteiger partial charge >= 0.3 is 0 Å². The first-order valence-electron chi connectivity index (χ1n) is 6.20. The van der Waals surface area contributed by atoms with Crippen LogP contribution in [0.25, 0.3) is 0 Å². The van der Waals surface area contributed by atoms with Crippen molar-refractivity contribution in [1.82, 2.24) is 9.55 Å². The second-order valence-electron chi connectivity index (χ2n) is 4.09. The van der Waals surface area contributed by atoms with E-state index >= 15 is 0 Å². The lowest BCUT2D eigenvalue weighted by atomic mass is 10.3. The lowest BCUT2D eigenvalue weighted by molar-refractivity contribution is 0.370. The Morgan fingerprint density at radius 3 is 2.86 bits per heavy atom. The monoisotopic (exact) mass is 306 g/mol. The smallest absolute Gasteiger partial charge is 0.281 e. The summed E-state index contributed by atoms with van der Waals surface area (Å²) in [6.07, 6.45) is 2.90. The number of sulfonamides is 1. The molecule has 2 rings (SSSR count). The molecule has 2 aromatic rings. The van der Waals surface area contributed by atoms with Crippen LogP contribution in [0.5, 0.6) is 5.75 Å². The van der Waals surface area contributed by atoms with Crippen LogP contribution in [0.15, 0.2) is 41.8 Å². The highest BCUT2D eigenvalue weighted by Crippen LogP contribution is 2.26. The van der Waals surface area contributed by atoms with Gasteiger partial charge in [-0.05, 0) is 19.1 Å². The summed E-state index contributed by atoms with van der Waals surface area (Å²) < 4.78 is 33.8. The molecule has 0 aliphatic heterocycles. The minimum atomic E-state index is -3.79. The Balaban J connectivity index is 2.26. The SMILES string of the molecule is CCn1cnc(S(=O)(=O)Nc2ccccc2OCC#N)c1. The summed E-state index contributed by atoms with van der Waals surface area (Å²) in [6, 6.07) is 8.33. The van der Waals surface area contributed by atoms with Crippen molar-refractivity contribution in [3.63, 3.8) is 0 Å². The molecular formula is C13H14N4O3S. The summed E-state index contributed by atoms with van der Waals surface area (Å²) in [5, 5.41) is 8.46. The average Bonchev–Trinajstić information content (AvgIpc) is 2.96. The fourth-order valence-corrected chi connectivity index (χ4v) is 2.66. The van der Waals surface area contributed by atoms with Gasteiger partial charge in [-0.2, -0.15) is 13.7 Å². The molecule has 0 saturated carbocycles. The van der Waals surface area contributed by atoms with Crippen LogP contribution in [-0.2, 0) is 16.6 Å². The van der Waals surface area contributed by atoms with Crippen molar-refractivity contribution < 1.29 is 13.2 Å². The molecule has 0 unspecified atom stereocenters. The van der Waals surface area contributed by atoms with Crippen molar-refractivity contribution in [3.8, 4) is 11.8 Å². The van der Waals surface area contributed by atoms with Crippen LogP contribution in [0, 0.1) is 11.3 Å². The van der Waals surface area contributed by atoms with E-state index in [-0.39, 0.29) is 23.1 Å². The average molecular weight is 306 g/mol. The van der Waals surface area contributed by atoms with Gasteiger partial charge in [0.05, 0.1) is 12.0 Å². The number of ether oxygens (including phenoxy) is 1. The standard InChI is InChI=1S/C13H14N4O3S/c1-2-17-9-13(15-10-17)21(18,19)16-11-5-3-4-6-12(11)20-8-7-14/h3-6,9-10,16H,2,8H2,1H3. The molecule has 0 aliphatic rings. The van der Waals surface area contributed by atoms with Gasteiger partial charge in [-0.1, -0.05) is 12.1 Å². The fourth-order valence-electron chi connectivity index (χ4n) is 1.64. The van der Waals surface area contributed by atoms with E-state index in [1.165, 1.54) is 12.5 Å². The first kappa shape index (κ1) is 14.9. The van der Waals surface area contributed by atoms with E-state index in [4.69, 9.17) is 10.00 Å². The highest BCUT2D eigenvalue weighted by atomic mass is 32.2. The molecule has 1 aromatic heterocycles. The van der Waals surface area contributed by atoms with Crippen LogP contribution in [0.3, 0.4) is 0 Å². The number of nitriles is 1. The van der Waals surface area contributed by atoms with E-state index in [1.807, 2.05) is 13.0 Å². The quantitative estimate of drug-likeness (QED) is 0.874. The number of aromatic nitrogens is 2. The van der Waals surface area contributed by atoms with Crippen molar-refractivity contribution in [2.24, 2.45) is 0 Å². The van der Waals surface area contributed by atoms with E-state index in [0.29, 0.717) is 6.54 Å². The number of nitrogens with one attached hydrogen (secondary N) is 1. The summed E-state index contributed by atoms with van der Waals surface area (Å²) in [5.74, 6) is 0.289. The van der Waals surface area contributed by atoms with Crippen molar-refractivity contribution in [1.29, 1.82) is 5.26 Å². The number of imidazole rings is 1. The lowest BCUT2D eigenvalue weighted by Crippen LogP contribution is -2.14. The molecule has 110 valence electrons. The fraction of sp³-hybridized carbons (Fsp3) is 0.231. The maximum absolute atomic E-state index is 12.2. The first-order chi connectivity index (χ1) is 10.1. The number of para-hydroxylation sites is 2. The highest BCUT2D eigenvalue weighted by Gasteiger charge is 2.19. The molecule has 0 fully saturated rings. The van der Waals surface area contributed by atoms with E-state index in [2.05, 4.69) is 9.71 Å². The molecule has 1 aromatic carbocycles. The van der Waals surface area contributed by atoms with E-state index in [1.54, 1.807) is 28.8 Å². The Labute approximate surface area is 122 Å². The van der Waals surface area contributed by atoms with Crippen molar-refractivity contribution >= 4 is 15.7 Å². The second-order valence-corrected chi connectivity index (χ2v) is 5.72. The minimum absolute atomic E-state index is 0.0700. The molecular weight excluding hydrogens is 292 g/mol. The highest BCUT2D eigenvalue weighted by molar-refractivity contribution is 7.92. The van der Waals surface area contributed by atoms with Gasteiger partial charge in [0.1, 0.15) is 11.8 Å². The first-order valence-corrected chi connectivity index (χ1v) is 7.68. The number of anilines is 1. The maximum Gasteiger partial charge on any atom is 0.281 e. The topological polar surface area (TPSA) is 97.0 Å². The van der Waals surface area contributed by atoms with E-state index in [9.17, 15) is 8.42 Å². The van der Waals surface area contributed by atoms with Crippen LogP contribution in [0.2, 0.25) is 0 Å². The van der Waals surface area contributed by atoms with Gasteiger partial charge in [0, 0.05) is 12.7 Å². The van der Waals surface area contributed by atoms with Gasteiger partial charge in [0.2, 0.25) is 0 Å². The number of nitrogens with zero attached hydrogens (tertiary/aromatic N) is 3. The number of aryl methyl sites for hydroxylation is 1.